The molecule has 2 aliphatic heterocycles. The number of likely N-dealkylation sites (tertiary alicyclic amines) is 1. The van der Waals surface area contributed by atoms with Crippen LogP contribution in [0, 0.1) is 0 Å². The van der Waals surface area contributed by atoms with Gasteiger partial charge in [0, 0.05) is 31.8 Å². The summed E-state index contributed by atoms with van der Waals surface area (Å²) in [5.41, 5.74) is 1.46. The first kappa shape index (κ1) is 17.4. The van der Waals surface area contributed by atoms with Crippen LogP contribution < -0.4 is 0 Å². The van der Waals surface area contributed by atoms with Gasteiger partial charge in [0.05, 0.1) is 11.7 Å². The minimum absolute atomic E-state index is 0.0794. The number of rotatable bonds is 3. The Morgan fingerprint density at radius 2 is 2.12 bits per heavy atom. The summed E-state index contributed by atoms with van der Waals surface area (Å²) < 4.78 is 5.92. The number of amides is 1. The lowest BCUT2D eigenvalue weighted by atomic mass is 9.82. The van der Waals surface area contributed by atoms with Crippen molar-refractivity contribution in [3.8, 4) is 0 Å². The molecule has 3 rings (SSSR count). The van der Waals surface area contributed by atoms with Crippen LogP contribution in [0.5, 0.6) is 0 Å². The zero-order valence-electron chi connectivity index (χ0n) is 14.7. The van der Waals surface area contributed by atoms with Gasteiger partial charge in [-0.3, -0.25) is 4.79 Å². The van der Waals surface area contributed by atoms with Gasteiger partial charge in [-0.2, -0.15) is 0 Å². The summed E-state index contributed by atoms with van der Waals surface area (Å²) in [5, 5.41) is 10.3. The molecule has 5 nitrogen and oxygen atoms in total. The van der Waals surface area contributed by atoms with Gasteiger partial charge in [-0.05, 0) is 57.5 Å². The van der Waals surface area contributed by atoms with Crippen LogP contribution in [0.1, 0.15) is 41.6 Å². The quantitative estimate of drug-likeness (QED) is 0.918. The van der Waals surface area contributed by atoms with Gasteiger partial charge in [0.15, 0.2) is 0 Å². The largest absolute Gasteiger partial charge is 0.390 e. The lowest BCUT2D eigenvalue weighted by Gasteiger charge is -2.46. The predicted molar refractivity (Wildman–Crippen MR) is 92.9 cm³/mol. The highest BCUT2D eigenvalue weighted by atomic mass is 16.5. The summed E-state index contributed by atoms with van der Waals surface area (Å²) in [7, 11) is 4.04. The average molecular weight is 332 g/mol. The van der Waals surface area contributed by atoms with Gasteiger partial charge in [-0.1, -0.05) is 12.1 Å². The number of benzene rings is 1. The maximum atomic E-state index is 12.8. The first-order chi connectivity index (χ1) is 11.5. The normalized spacial score (nSPS) is 23.7. The summed E-state index contributed by atoms with van der Waals surface area (Å²) in [6, 6.07) is 7.87. The summed E-state index contributed by atoms with van der Waals surface area (Å²) in [5.74, 6) is 0.0794. The van der Waals surface area contributed by atoms with Crippen LogP contribution in [-0.4, -0.2) is 66.3 Å². The van der Waals surface area contributed by atoms with Gasteiger partial charge < -0.3 is 19.6 Å². The van der Waals surface area contributed by atoms with Crippen molar-refractivity contribution < 1.29 is 14.6 Å². The molecule has 1 spiro atoms. The molecule has 0 aromatic heterocycles. The standard InChI is InChI=1S/C19H28N2O3/c1-20(2)14-15-5-3-6-16(13-15)18(23)21-10-8-19(9-11-21)17(22)7-4-12-24-19/h3,5-6,13,17,22H,4,7-12,14H2,1-2H3. The highest BCUT2D eigenvalue weighted by Crippen LogP contribution is 2.35. The Bertz CT molecular complexity index is 580. The van der Waals surface area contributed by atoms with E-state index in [4.69, 9.17) is 4.74 Å². The molecule has 0 bridgehead atoms. The van der Waals surface area contributed by atoms with E-state index in [1.807, 2.05) is 43.3 Å². The molecule has 1 N–H and O–H groups in total. The second kappa shape index (κ2) is 7.21. The molecule has 24 heavy (non-hydrogen) atoms. The van der Waals surface area contributed by atoms with E-state index in [2.05, 4.69) is 4.90 Å². The van der Waals surface area contributed by atoms with E-state index in [0.29, 0.717) is 13.1 Å². The molecule has 0 radical (unpaired) electrons. The van der Waals surface area contributed by atoms with Crippen molar-refractivity contribution in [1.29, 1.82) is 0 Å². The number of carbonyl (C=O) groups excluding carboxylic acids is 1. The molecule has 1 aromatic carbocycles. The van der Waals surface area contributed by atoms with Crippen molar-refractivity contribution in [2.24, 2.45) is 0 Å². The van der Waals surface area contributed by atoms with Crippen LogP contribution in [-0.2, 0) is 11.3 Å². The SMILES string of the molecule is CN(C)Cc1cccc(C(=O)N2CCC3(CC2)OCCCC3O)c1. The Hall–Kier alpha value is -1.43. The Kier molecular flexibility index (Phi) is 5.23. The molecular weight excluding hydrogens is 304 g/mol. The number of hydrogen-bond acceptors (Lipinski definition) is 4. The average Bonchev–Trinajstić information content (AvgIpc) is 2.57. The highest BCUT2D eigenvalue weighted by Gasteiger charge is 2.44. The lowest BCUT2D eigenvalue weighted by Crippen LogP contribution is -2.56. The molecule has 132 valence electrons. The van der Waals surface area contributed by atoms with Crippen LogP contribution in [0.25, 0.3) is 0 Å². The topological polar surface area (TPSA) is 53.0 Å². The van der Waals surface area contributed by atoms with Crippen molar-refractivity contribution in [3.63, 3.8) is 0 Å². The van der Waals surface area contributed by atoms with E-state index in [0.717, 1.165) is 50.0 Å². The van der Waals surface area contributed by atoms with Crippen molar-refractivity contribution in [2.75, 3.05) is 33.8 Å². The van der Waals surface area contributed by atoms with Gasteiger partial charge in [0.1, 0.15) is 0 Å². The predicted octanol–water partition coefficient (Wildman–Crippen LogP) is 1.89. The molecule has 2 heterocycles. The fourth-order valence-electron chi connectivity index (χ4n) is 3.83. The van der Waals surface area contributed by atoms with Crippen molar-refractivity contribution in [1.82, 2.24) is 9.80 Å². The fourth-order valence-corrected chi connectivity index (χ4v) is 3.83. The Labute approximate surface area is 144 Å². The Balaban J connectivity index is 1.65. The molecule has 1 aromatic rings. The monoisotopic (exact) mass is 332 g/mol. The van der Waals surface area contributed by atoms with Gasteiger partial charge in [0.2, 0.25) is 0 Å². The van der Waals surface area contributed by atoms with Crippen LogP contribution in [0.2, 0.25) is 0 Å². The molecule has 2 fully saturated rings. The van der Waals surface area contributed by atoms with Crippen LogP contribution in [0.4, 0.5) is 0 Å². The lowest BCUT2D eigenvalue weighted by molar-refractivity contribution is -0.174. The Morgan fingerprint density at radius 1 is 1.38 bits per heavy atom. The zero-order chi connectivity index (χ0) is 17.2. The number of nitrogens with zero attached hydrogens (tertiary/aromatic N) is 2. The van der Waals surface area contributed by atoms with E-state index < -0.39 is 11.7 Å². The van der Waals surface area contributed by atoms with Crippen LogP contribution >= 0.6 is 0 Å². The zero-order valence-corrected chi connectivity index (χ0v) is 14.7. The number of aliphatic hydroxyl groups excluding tert-OH is 1. The van der Waals surface area contributed by atoms with Gasteiger partial charge in [0.25, 0.3) is 5.91 Å². The molecular formula is C19H28N2O3. The molecule has 0 saturated carbocycles. The molecule has 1 atom stereocenters. The summed E-state index contributed by atoms with van der Waals surface area (Å²) >= 11 is 0. The van der Waals surface area contributed by atoms with Crippen molar-refractivity contribution in [3.05, 3.63) is 35.4 Å². The molecule has 5 heteroatoms. The maximum Gasteiger partial charge on any atom is 0.253 e. The number of carbonyl (C=O) groups is 1. The van der Waals surface area contributed by atoms with E-state index in [9.17, 15) is 9.90 Å². The fraction of sp³-hybridized carbons (Fsp3) is 0.632. The van der Waals surface area contributed by atoms with Crippen molar-refractivity contribution >= 4 is 5.91 Å². The first-order valence-electron chi connectivity index (χ1n) is 8.85. The Morgan fingerprint density at radius 3 is 2.79 bits per heavy atom. The minimum Gasteiger partial charge on any atom is -0.390 e. The second-order valence-electron chi connectivity index (χ2n) is 7.30. The molecule has 0 aliphatic carbocycles. The third-order valence-electron chi connectivity index (χ3n) is 5.19. The van der Waals surface area contributed by atoms with Crippen LogP contribution in [0.3, 0.4) is 0 Å². The highest BCUT2D eigenvalue weighted by molar-refractivity contribution is 5.94. The molecule has 1 unspecified atom stereocenters. The molecule has 2 aliphatic rings. The maximum absolute atomic E-state index is 12.8. The first-order valence-corrected chi connectivity index (χ1v) is 8.85. The van der Waals surface area contributed by atoms with Gasteiger partial charge >= 0.3 is 0 Å². The second-order valence-corrected chi connectivity index (χ2v) is 7.30. The van der Waals surface area contributed by atoms with E-state index in [-0.39, 0.29) is 5.91 Å². The van der Waals surface area contributed by atoms with E-state index in [1.54, 1.807) is 0 Å². The third kappa shape index (κ3) is 3.63. The third-order valence-corrected chi connectivity index (χ3v) is 5.19. The minimum atomic E-state index is -0.429. The van der Waals surface area contributed by atoms with Gasteiger partial charge in [-0.15, -0.1) is 0 Å². The number of piperidine rings is 1. The van der Waals surface area contributed by atoms with Crippen molar-refractivity contribution in [2.45, 2.75) is 43.9 Å². The van der Waals surface area contributed by atoms with Gasteiger partial charge in [-0.25, -0.2) is 0 Å². The molecule has 2 saturated heterocycles. The molecule has 1 amide bonds. The van der Waals surface area contributed by atoms with E-state index in [1.165, 1.54) is 0 Å². The van der Waals surface area contributed by atoms with Crippen LogP contribution in [0.15, 0.2) is 24.3 Å². The number of hydrogen-bond donors (Lipinski definition) is 1. The summed E-state index contributed by atoms with van der Waals surface area (Å²) in [6.45, 7) is 2.84. The number of ether oxygens (including phenoxy) is 1. The number of aliphatic hydroxyl groups is 1. The smallest absolute Gasteiger partial charge is 0.253 e. The summed E-state index contributed by atoms with van der Waals surface area (Å²) in [4.78, 5) is 16.8. The van der Waals surface area contributed by atoms with E-state index >= 15 is 0 Å². The summed E-state index contributed by atoms with van der Waals surface area (Å²) in [6.07, 6.45) is 2.77.